The molecule has 0 radical (unpaired) electrons. The fraction of sp³-hybridized carbons (Fsp3) is 0.385. The van der Waals surface area contributed by atoms with Gasteiger partial charge in [0.1, 0.15) is 6.07 Å². The Kier molecular flexibility index (Phi) is 4.05. The van der Waals surface area contributed by atoms with E-state index >= 15 is 0 Å². The van der Waals surface area contributed by atoms with Crippen LogP contribution in [0.5, 0.6) is 0 Å². The maximum Gasteiger partial charge on any atom is 0.222 e. The van der Waals surface area contributed by atoms with E-state index in [0.717, 1.165) is 0 Å². The summed E-state index contributed by atoms with van der Waals surface area (Å²) in [6, 6.07) is 5.05. The first kappa shape index (κ1) is 13.8. The normalized spacial score (nSPS) is 19.2. The minimum Gasteiger partial charge on any atom is -0.378 e. The van der Waals surface area contributed by atoms with Crippen LogP contribution < -0.4 is 5.32 Å². The van der Waals surface area contributed by atoms with E-state index in [4.69, 9.17) is 5.26 Å². The third-order valence-electron chi connectivity index (χ3n) is 3.19. The van der Waals surface area contributed by atoms with E-state index in [2.05, 4.69) is 21.2 Å². The van der Waals surface area contributed by atoms with Gasteiger partial charge in [0.15, 0.2) is 5.82 Å². The molecule has 1 atom stereocenters. The number of likely N-dealkylation sites (tertiary alicyclic amines) is 1. The Morgan fingerprint density at radius 1 is 1.58 bits per heavy atom. The SMILES string of the molecule is CN1CC(Nc2ccc(C#N)c(Br)c2F)CCC1=O. The van der Waals surface area contributed by atoms with Gasteiger partial charge in [-0.15, -0.1) is 0 Å². The van der Waals surface area contributed by atoms with Gasteiger partial charge in [-0.1, -0.05) is 0 Å². The standard InChI is InChI=1S/C13H13BrFN3O/c1-18-7-9(3-5-11(18)19)17-10-4-2-8(6-16)12(14)13(10)15/h2,4,9,17H,3,5,7H2,1H3. The topological polar surface area (TPSA) is 56.1 Å². The minimum atomic E-state index is -0.474. The maximum absolute atomic E-state index is 14.0. The zero-order valence-corrected chi connectivity index (χ0v) is 12.0. The summed E-state index contributed by atoms with van der Waals surface area (Å²) in [5, 5.41) is 11.9. The maximum atomic E-state index is 14.0. The van der Waals surface area contributed by atoms with Crippen LogP contribution in [-0.2, 0) is 4.79 Å². The number of likely N-dealkylation sites (N-methyl/N-ethyl adjacent to an activating group) is 1. The van der Waals surface area contributed by atoms with Crippen LogP contribution in [0.15, 0.2) is 16.6 Å². The highest BCUT2D eigenvalue weighted by molar-refractivity contribution is 9.10. The molecule has 1 unspecified atom stereocenters. The van der Waals surface area contributed by atoms with Crippen molar-refractivity contribution in [2.45, 2.75) is 18.9 Å². The van der Waals surface area contributed by atoms with Crippen molar-refractivity contribution in [2.75, 3.05) is 18.9 Å². The van der Waals surface area contributed by atoms with Crippen molar-refractivity contribution in [3.63, 3.8) is 0 Å². The van der Waals surface area contributed by atoms with Gasteiger partial charge in [0.05, 0.1) is 15.7 Å². The molecule has 1 fully saturated rings. The van der Waals surface area contributed by atoms with E-state index in [-0.39, 0.29) is 22.0 Å². The summed E-state index contributed by atoms with van der Waals surface area (Å²) in [5.41, 5.74) is 0.609. The van der Waals surface area contributed by atoms with Crippen LogP contribution in [0.2, 0.25) is 0 Å². The summed E-state index contributed by atoms with van der Waals surface area (Å²) in [6.45, 7) is 0.551. The first-order valence-corrected chi connectivity index (χ1v) is 6.71. The quantitative estimate of drug-likeness (QED) is 0.908. The Balaban J connectivity index is 2.14. The molecule has 1 saturated heterocycles. The van der Waals surface area contributed by atoms with Crippen LogP contribution in [0, 0.1) is 17.1 Å². The highest BCUT2D eigenvalue weighted by Crippen LogP contribution is 2.28. The molecule has 1 amide bonds. The van der Waals surface area contributed by atoms with Crippen molar-refractivity contribution in [1.29, 1.82) is 5.26 Å². The van der Waals surface area contributed by atoms with Crippen LogP contribution in [0.25, 0.3) is 0 Å². The highest BCUT2D eigenvalue weighted by Gasteiger charge is 2.23. The number of benzene rings is 1. The molecule has 1 aliphatic rings. The lowest BCUT2D eigenvalue weighted by atomic mass is 10.1. The zero-order valence-electron chi connectivity index (χ0n) is 10.4. The van der Waals surface area contributed by atoms with Crippen molar-refractivity contribution in [3.8, 4) is 6.07 Å². The minimum absolute atomic E-state index is 0.0250. The molecule has 1 N–H and O–H groups in total. The molecule has 0 spiro atoms. The summed E-state index contributed by atoms with van der Waals surface area (Å²) in [5.74, 6) is -0.363. The van der Waals surface area contributed by atoms with Gasteiger partial charge in [-0.05, 0) is 34.5 Å². The lowest BCUT2D eigenvalue weighted by molar-refractivity contribution is -0.132. The number of hydrogen-bond donors (Lipinski definition) is 1. The van der Waals surface area contributed by atoms with Gasteiger partial charge in [0.2, 0.25) is 5.91 Å². The van der Waals surface area contributed by atoms with Crippen LogP contribution in [-0.4, -0.2) is 30.4 Å². The summed E-state index contributed by atoms with van der Waals surface area (Å²) in [7, 11) is 1.74. The van der Waals surface area contributed by atoms with Crippen molar-refractivity contribution >= 4 is 27.5 Å². The number of piperidine rings is 1. The fourth-order valence-electron chi connectivity index (χ4n) is 2.10. The molecule has 0 aromatic heterocycles. The van der Waals surface area contributed by atoms with Crippen LogP contribution >= 0.6 is 15.9 Å². The predicted octanol–water partition coefficient (Wildman–Crippen LogP) is 2.49. The number of nitrogens with one attached hydrogen (secondary N) is 1. The number of halogens is 2. The molecule has 100 valence electrons. The molecule has 6 heteroatoms. The molecule has 0 aliphatic carbocycles. The Morgan fingerprint density at radius 2 is 2.32 bits per heavy atom. The number of carbonyl (C=O) groups is 1. The molecular weight excluding hydrogens is 313 g/mol. The van der Waals surface area contributed by atoms with Crippen LogP contribution in [0.1, 0.15) is 18.4 Å². The second kappa shape index (κ2) is 5.57. The molecule has 0 bridgehead atoms. The largest absolute Gasteiger partial charge is 0.378 e. The summed E-state index contributed by atoms with van der Waals surface area (Å²) < 4.78 is 14.2. The van der Waals surface area contributed by atoms with Gasteiger partial charge < -0.3 is 10.2 Å². The number of nitrogens with zero attached hydrogens (tertiary/aromatic N) is 2. The van der Waals surface area contributed by atoms with Crippen molar-refractivity contribution in [2.24, 2.45) is 0 Å². The number of nitriles is 1. The third-order valence-corrected chi connectivity index (χ3v) is 3.96. The van der Waals surface area contributed by atoms with Gasteiger partial charge in [0.25, 0.3) is 0 Å². The van der Waals surface area contributed by atoms with Crippen LogP contribution in [0.3, 0.4) is 0 Å². The Morgan fingerprint density at radius 3 is 2.95 bits per heavy atom. The van der Waals surface area contributed by atoms with E-state index in [1.165, 1.54) is 0 Å². The first-order chi connectivity index (χ1) is 9.02. The lowest BCUT2D eigenvalue weighted by Gasteiger charge is -2.31. The van der Waals surface area contributed by atoms with E-state index in [0.29, 0.717) is 25.1 Å². The second-order valence-electron chi connectivity index (χ2n) is 4.55. The lowest BCUT2D eigenvalue weighted by Crippen LogP contribution is -2.43. The highest BCUT2D eigenvalue weighted by atomic mass is 79.9. The zero-order chi connectivity index (χ0) is 14.0. The van der Waals surface area contributed by atoms with E-state index in [1.54, 1.807) is 24.1 Å². The van der Waals surface area contributed by atoms with Crippen molar-refractivity contribution < 1.29 is 9.18 Å². The molecule has 1 aromatic carbocycles. The smallest absolute Gasteiger partial charge is 0.222 e. The van der Waals surface area contributed by atoms with Gasteiger partial charge in [0, 0.05) is 26.1 Å². The van der Waals surface area contributed by atoms with Gasteiger partial charge in [-0.3, -0.25) is 4.79 Å². The predicted molar refractivity (Wildman–Crippen MR) is 73.1 cm³/mol. The Hall–Kier alpha value is -1.61. The molecule has 4 nitrogen and oxygen atoms in total. The van der Waals surface area contributed by atoms with Gasteiger partial charge in [-0.2, -0.15) is 5.26 Å². The molecule has 1 aliphatic heterocycles. The van der Waals surface area contributed by atoms with E-state index < -0.39 is 5.82 Å². The van der Waals surface area contributed by atoms with Crippen molar-refractivity contribution in [1.82, 2.24) is 4.90 Å². The molecule has 1 heterocycles. The van der Waals surface area contributed by atoms with E-state index in [1.807, 2.05) is 6.07 Å². The summed E-state index contributed by atoms with van der Waals surface area (Å²) >= 11 is 3.08. The first-order valence-electron chi connectivity index (χ1n) is 5.91. The Bertz CT molecular complexity index is 556. The molecular formula is C13H13BrFN3O. The number of anilines is 1. The summed E-state index contributed by atoms with van der Waals surface area (Å²) in [4.78, 5) is 13.0. The third kappa shape index (κ3) is 2.87. The van der Waals surface area contributed by atoms with Gasteiger partial charge >= 0.3 is 0 Å². The molecule has 0 saturated carbocycles. The average molecular weight is 326 g/mol. The summed E-state index contributed by atoms with van der Waals surface area (Å²) in [6.07, 6.45) is 1.15. The molecule has 2 rings (SSSR count). The Labute approximate surface area is 119 Å². The number of rotatable bonds is 2. The number of carbonyl (C=O) groups excluding carboxylic acids is 1. The monoisotopic (exact) mass is 325 g/mol. The number of amides is 1. The number of hydrogen-bond acceptors (Lipinski definition) is 3. The fourth-order valence-corrected chi connectivity index (χ4v) is 2.53. The van der Waals surface area contributed by atoms with Gasteiger partial charge in [-0.25, -0.2) is 4.39 Å². The molecule has 19 heavy (non-hydrogen) atoms. The van der Waals surface area contributed by atoms with E-state index in [9.17, 15) is 9.18 Å². The molecule has 1 aromatic rings. The second-order valence-corrected chi connectivity index (χ2v) is 5.35. The average Bonchev–Trinajstić information content (AvgIpc) is 2.40. The van der Waals surface area contributed by atoms with Crippen molar-refractivity contribution in [3.05, 3.63) is 28.0 Å². The van der Waals surface area contributed by atoms with Crippen LogP contribution in [0.4, 0.5) is 10.1 Å².